The molecule has 0 fully saturated rings. The number of carbonyl (C=O) groups is 1. The van der Waals surface area contributed by atoms with Crippen LogP contribution in [0.2, 0.25) is 15.1 Å². The average molecular weight is 503 g/mol. The zero-order valence-corrected chi connectivity index (χ0v) is 19.3. The maximum Gasteiger partial charge on any atom is 0.343 e. The minimum Gasteiger partial charge on any atom is -0.423 e. The fourth-order valence-corrected chi connectivity index (χ4v) is 3.97. The van der Waals surface area contributed by atoms with Gasteiger partial charge in [-0.1, -0.05) is 34.8 Å². The first-order chi connectivity index (χ1) is 15.5. The van der Waals surface area contributed by atoms with Crippen molar-refractivity contribution in [1.29, 1.82) is 0 Å². The predicted octanol–water partition coefficient (Wildman–Crippen LogP) is 7.44. The molecule has 3 aromatic carbocycles. The molecule has 0 aliphatic rings. The van der Waals surface area contributed by atoms with Crippen LogP contribution in [0.5, 0.6) is 5.75 Å². The predicted molar refractivity (Wildman–Crippen MR) is 132 cm³/mol. The van der Waals surface area contributed by atoms with Crippen LogP contribution < -0.4 is 10.2 Å². The summed E-state index contributed by atoms with van der Waals surface area (Å²) in [6.07, 6.45) is 1.64. The van der Waals surface area contributed by atoms with Gasteiger partial charge in [-0.15, -0.1) is 11.3 Å². The molecule has 1 aromatic heterocycles. The molecule has 0 aliphatic heterocycles. The molecule has 0 amide bonds. The molecule has 0 saturated carbocycles. The molecule has 0 atom stereocenters. The van der Waals surface area contributed by atoms with Crippen LogP contribution in [0.25, 0.3) is 11.3 Å². The Hall–Kier alpha value is -2.90. The number of benzene rings is 3. The van der Waals surface area contributed by atoms with Crippen LogP contribution in [0.3, 0.4) is 0 Å². The average Bonchev–Trinajstić information content (AvgIpc) is 3.24. The van der Waals surface area contributed by atoms with Crippen molar-refractivity contribution in [3.8, 4) is 17.0 Å². The summed E-state index contributed by atoms with van der Waals surface area (Å²) in [5, 5.41) is 8.37. The van der Waals surface area contributed by atoms with E-state index >= 15 is 0 Å². The molecule has 4 aromatic rings. The van der Waals surface area contributed by atoms with Crippen molar-refractivity contribution in [1.82, 2.24) is 4.98 Å². The normalized spacial score (nSPS) is 11.0. The summed E-state index contributed by atoms with van der Waals surface area (Å²) in [5.41, 5.74) is 5.68. The SMILES string of the molecule is O=C(Oc1ccc(/C=N\Nc2nc(-c3ccc(Cl)cc3Cl)cs2)cc1)c1ccc(Cl)cc1. The van der Waals surface area contributed by atoms with Gasteiger partial charge in [-0.2, -0.15) is 5.10 Å². The Kier molecular flexibility index (Phi) is 7.07. The second-order valence-electron chi connectivity index (χ2n) is 6.50. The third-order valence-electron chi connectivity index (χ3n) is 4.26. The van der Waals surface area contributed by atoms with E-state index < -0.39 is 5.97 Å². The van der Waals surface area contributed by atoms with E-state index in [9.17, 15) is 4.79 Å². The molecule has 0 bridgehead atoms. The second kappa shape index (κ2) is 10.1. The zero-order chi connectivity index (χ0) is 22.5. The molecule has 160 valence electrons. The smallest absolute Gasteiger partial charge is 0.343 e. The summed E-state index contributed by atoms with van der Waals surface area (Å²) in [5.74, 6) is -0.0235. The third-order valence-corrected chi connectivity index (χ3v) is 5.80. The number of nitrogens with zero attached hydrogens (tertiary/aromatic N) is 2. The summed E-state index contributed by atoms with van der Waals surface area (Å²) >= 11 is 19.4. The third kappa shape index (κ3) is 5.66. The van der Waals surface area contributed by atoms with E-state index in [1.807, 2.05) is 11.4 Å². The number of esters is 1. The summed E-state index contributed by atoms with van der Waals surface area (Å²) in [4.78, 5) is 16.6. The first kappa shape index (κ1) is 22.3. The van der Waals surface area contributed by atoms with Crippen molar-refractivity contribution in [2.75, 3.05) is 5.43 Å². The lowest BCUT2D eigenvalue weighted by Gasteiger charge is -2.04. The van der Waals surface area contributed by atoms with Crippen molar-refractivity contribution < 1.29 is 9.53 Å². The number of rotatable bonds is 6. The zero-order valence-electron chi connectivity index (χ0n) is 16.3. The van der Waals surface area contributed by atoms with Gasteiger partial charge < -0.3 is 4.74 Å². The standard InChI is InChI=1S/C23H14Cl3N3O2S/c24-16-5-3-15(4-6-16)22(30)31-18-8-1-14(2-9-18)12-27-29-23-28-21(13-32-23)19-10-7-17(25)11-20(19)26/h1-13H,(H,28,29)/b27-12-. The van der Waals surface area contributed by atoms with E-state index in [1.54, 1.807) is 66.9 Å². The minimum absolute atomic E-state index is 0.423. The van der Waals surface area contributed by atoms with E-state index in [0.717, 1.165) is 16.8 Å². The fraction of sp³-hybridized carbons (Fsp3) is 0. The molecule has 0 spiro atoms. The molecular weight excluding hydrogens is 489 g/mol. The van der Waals surface area contributed by atoms with Crippen LogP contribution in [0, 0.1) is 0 Å². The number of hydrogen-bond donors (Lipinski definition) is 1. The molecule has 1 N–H and O–H groups in total. The number of anilines is 1. The topological polar surface area (TPSA) is 63.6 Å². The molecule has 9 heteroatoms. The van der Waals surface area contributed by atoms with Crippen LogP contribution in [0.1, 0.15) is 15.9 Å². The van der Waals surface area contributed by atoms with E-state index in [4.69, 9.17) is 39.5 Å². The number of nitrogens with one attached hydrogen (secondary N) is 1. The van der Waals surface area contributed by atoms with Crippen LogP contribution in [0.15, 0.2) is 77.2 Å². The van der Waals surface area contributed by atoms with Crippen molar-refractivity contribution in [2.45, 2.75) is 0 Å². The highest BCUT2D eigenvalue weighted by Crippen LogP contribution is 2.32. The van der Waals surface area contributed by atoms with Gasteiger partial charge >= 0.3 is 5.97 Å². The molecule has 1 heterocycles. The number of halogens is 3. The molecule has 5 nitrogen and oxygen atoms in total. The van der Waals surface area contributed by atoms with Gasteiger partial charge in [0.05, 0.1) is 22.5 Å². The highest BCUT2D eigenvalue weighted by atomic mass is 35.5. The Morgan fingerprint density at radius 2 is 1.69 bits per heavy atom. The van der Waals surface area contributed by atoms with Gasteiger partial charge in [0.1, 0.15) is 5.75 Å². The highest BCUT2D eigenvalue weighted by Gasteiger charge is 2.09. The van der Waals surface area contributed by atoms with Crippen LogP contribution in [-0.4, -0.2) is 17.2 Å². The van der Waals surface area contributed by atoms with Crippen LogP contribution in [-0.2, 0) is 0 Å². The van der Waals surface area contributed by atoms with E-state index in [1.165, 1.54) is 11.3 Å². The fourth-order valence-electron chi connectivity index (χ4n) is 2.68. The molecule has 0 radical (unpaired) electrons. The maximum absolute atomic E-state index is 12.2. The maximum atomic E-state index is 12.2. The Labute approximate surface area is 203 Å². The van der Waals surface area contributed by atoms with Gasteiger partial charge in [0.15, 0.2) is 0 Å². The van der Waals surface area contributed by atoms with Gasteiger partial charge in [-0.25, -0.2) is 9.78 Å². The highest BCUT2D eigenvalue weighted by molar-refractivity contribution is 7.14. The molecule has 32 heavy (non-hydrogen) atoms. The van der Waals surface area contributed by atoms with Crippen LogP contribution >= 0.6 is 46.1 Å². The molecule has 0 saturated heterocycles. The van der Waals surface area contributed by atoms with Gasteiger partial charge in [-0.3, -0.25) is 5.43 Å². The number of hydrazone groups is 1. The molecular formula is C23H14Cl3N3O2S. The lowest BCUT2D eigenvalue weighted by atomic mass is 10.2. The van der Waals surface area contributed by atoms with Crippen molar-refractivity contribution in [3.63, 3.8) is 0 Å². The number of thiazole rings is 1. The van der Waals surface area contributed by atoms with E-state index in [2.05, 4.69) is 15.5 Å². The summed E-state index contributed by atoms with van der Waals surface area (Å²) in [7, 11) is 0. The van der Waals surface area contributed by atoms with Gasteiger partial charge in [0.2, 0.25) is 5.13 Å². The summed E-state index contributed by atoms with van der Waals surface area (Å²) < 4.78 is 5.36. The van der Waals surface area contributed by atoms with Gasteiger partial charge in [0, 0.05) is 21.0 Å². The molecule has 0 aliphatic carbocycles. The number of carbonyl (C=O) groups excluding carboxylic acids is 1. The van der Waals surface area contributed by atoms with Crippen LogP contribution in [0.4, 0.5) is 5.13 Å². The first-order valence-electron chi connectivity index (χ1n) is 9.26. The van der Waals surface area contributed by atoms with Crippen molar-refractivity contribution >= 4 is 63.5 Å². The lowest BCUT2D eigenvalue weighted by Crippen LogP contribution is -2.08. The summed E-state index contributed by atoms with van der Waals surface area (Å²) in [6, 6.07) is 18.7. The van der Waals surface area contributed by atoms with Gasteiger partial charge in [-0.05, 0) is 72.3 Å². The molecule has 0 unspecified atom stereocenters. The van der Waals surface area contributed by atoms with Crippen molar-refractivity contribution in [3.05, 3.63) is 98.3 Å². The molecule has 4 rings (SSSR count). The number of ether oxygens (including phenoxy) is 1. The Morgan fingerprint density at radius 1 is 0.969 bits per heavy atom. The monoisotopic (exact) mass is 501 g/mol. The number of aromatic nitrogens is 1. The van der Waals surface area contributed by atoms with Gasteiger partial charge in [0.25, 0.3) is 0 Å². The van der Waals surface area contributed by atoms with E-state index in [0.29, 0.717) is 31.5 Å². The van der Waals surface area contributed by atoms with E-state index in [-0.39, 0.29) is 0 Å². The quantitative estimate of drug-likeness (QED) is 0.129. The largest absolute Gasteiger partial charge is 0.423 e. The number of hydrogen-bond acceptors (Lipinski definition) is 6. The minimum atomic E-state index is -0.454. The Bertz CT molecular complexity index is 1270. The van der Waals surface area contributed by atoms with Crippen molar-refractivity contribution in [2.24, 2.45) is 5.10 Å². The Morgan fingerprint density at radius 3 is 2.41 bits per heavy atom. The second-order valence-corrected chi connectivity index (χ2v) is 8.64. The lowest BCUT2D eigenvalue weighted by molar-refractivity contribution is 0.0735. The first-order valence-corrected chi connectivity index (χ1v) is 11.3. The Balaban J connectivity index is 1.35. The summed E-state index contributed by atoms with van der Waals surface area (Å²) in [6.45, 7) is 0.